The molecule has 0 radical (unpaired) electrons. The lowest BCUT2D eigenvalue weighted by Gasteiger charge is -2.29. The van der Waals surface area contributed by atoms with Gasteiger partial charge in [0.1, 0.15) is 54.7 Å². The van der Waals surface area contributed by atoms with Crippen LogP contribution in [-0.2, 0) is 102 Å². The molecule has 6 rings (SSSR count). The van der Waals surface area contributed by atoms with Crippen LogP contribution >= 0.6 is 21.6 Å². The summed E-state index contributed by atoms with van der Waals surface area (Å²) in [5, 5.41) is 75.4. The number of hydrogen-bond acceptors (Lipinski definition) is 25. The lowest BCUT2D eigenvalue weighted by Crippen LogP contribution is -2.62. The van der Waals surface area contributed by atoms with Crippen molar-refractivity contribution in [2.45, 2.75) is 126 Å². The number of alkyl halides is 1. The number of nitrogens with zero attached hydrogens (tertiary/aromatic N) is 3. The molecule has 0 spiro atoms. The summed E-state index contributed by atoms with van der Waals surface area (Å²) < 4.78 is 46.9. The molecule has 10 atom stereocenters. The fraction of sp³-hybridized carbons (Fsp3) is 0.535. The lowest BCUT2D eigenvalue weighted by molar-refractivity contribution is -0.145. The molecule has 1 aliphatic heterocycles. The summed E-state index contributed by atoms with van der Waals surface area (Å²) in [5.74, 6) is -11.0. The van der Waals surface area contributed by atoms with Gasteiger partial charge in [-0.2, -0.15) is 0 Å². The number of para-hydroxylation sites is 1. The highest BCUT2D eigenvalue weighted by Gasteiger charge is 2.38. The van der Waals surface area contributed by atoms with E-state index in [0.717, 1.165) is 28.5 Å². The number of hydrogen-bond donors (Lipinski definition) is 16. The van der Waals surface area contributed by atoms with Crippen molar-refractivity contribution in [2.75, 3.05) is 117 Å². The third-order valence-electron chi connectivity index (χ3n) is 16.6. The number of carboxylic acids is 1. The van der Waals surface area contributed by atoms with Gasteiger partial charge in [-0.05, 0) is 74.5 Å². The number of nitrogens with one attached hydrogen (secondary N) is 11. The molecule has 10 amide bonds. The van der Waals surface area contributed by atoms with E-state index < -0.39 is 138 Å². The fourth-order valence-electron chi connectivity index (χ4n) is 10.7. The highest BCUT2D eigenvalue weighted by molar-refractivity contribution is 8.76. The Morgan fingerprint density at radius 2 is 1.25 bits per heavy atom. The Kier molecular flexibility index (Phi) is 40.4. The van der Waals surface area contributed by atoms with Gasteiger partial charge >= 0.3 is 5.97 Å². The minimum absolute atomic E-state index is 0.0368. The maximum Gasteiger partial charge on any atom is 0.328 e. The number of H-pyrrole nitrogens is 1. The molecular formula is C71H100FN15O21S2. The van der Waals surface area contributed by atoms with E-state index in [2.05, 4.69) is 68.5 Å². The van der Waals surface area contributed by atoms with Crippen LogP contribution in [0.1, 0.15) is 66.7 Å². The third kappa shape index (κ3) is 32.6. The van der Waals surface area contributed by atoms with E-state index in [0.29, 0.717) is 53.8 Å². The van der Waals surface area contributed by atoms with Crippen LogP contribution in [0.3, 0.4) is 0 Å². The number of carbonyl (C=O) groups is 11. The van der Waals surface area contributed by atoms with Crippen LogP contribution < -0.4 is 58.9 Å². The molecule has 1 saturated heterocycles. The molecule has 36 nitrogen and oxygen atoms in total. The highest BCUT2D eigenvalue weighted by Crippen LogP contribution is 2.25. The van der Waals surface area contributed by atoms with Crippen LogP contribution in [0.25, 0.3) is 10.9 Å². The molecule has 0 unspecified atom stereocenters. The second kappa shape index (κ2) is 49.7. The van der Waals surface area contributed by atoms with Crippen molar-refractivity contribution in [3.8, 4) is 5.75 Å². The van der Waals surface area contributed by atoms with Crippen LogP contribution in [0.4, 0.5) is 4.39 Å². The zero-order valence-electron chi connectivity index (χ0n) is 61.2. The zero-order valence-corrected chi connectivity index (χ0v) is 62.8. The lowest BCUT2D eigenvalue weighted by atomic mass is 10.0. The van der Waals surface area contributed by atoms with E-state index in [-0.39, 0.29) is 141 Å². The summed E-state index contributed by atoms with van der Waals surface area (Å²) in [6.07, 6.45) is -0.560. The number of carbonyl (C=O) groups excluding carboxylic acids is 10. The SMILES string of the molecule is C[C@@H](O)[C@H](NC(=O)[C@@H]1CSSC[C@H](NC(=O)[C@@H](Cc2ccccc2)NC(=O)CCOCCOCCOCCOCCOCCOCCNC(=O)CNC(=O)c2cn(CC[18F])nn2)C(=O)N[C@@H](Cc2ccc(O)cc2)C(=O)N[C@H](Cc2c[nH]c3ccccc23)C(=O)N[C@@H](CCCCN)C(=O)N[C@@H]([C@@H](C)O)C(=O)N1)C(=O)O. The molecule has 3 heterocycles. The number of phenols is 1. The average Bonchev–Trinajstić information content (AvgIpc) is 1.63. The molecule has 1 fully saturated rings. The van der Waals surface area contributed by atoms with Gasteiger partial charge in [-0.1, -0.05) is 87.5 Å². The Labute approximate surface area is 641 Å². The number of aliphatic hydroxyl groups excluding tert-OH is 2. The molecule has 110 heavy (non-hydrogen) atoms. The van der Waals surface area contributed by atoms with Crippen LogP contribution in [-0.4, -0.2) is 283 Å². The second-order valence-electron chi connectivity index (χ2n) is 25.2. The number of ether oxygens (including phenoxy) is 6. The number of aryl methyl sites for hydroxylation is 1. The molecule has 604 valence electrons. The van der Waals surface area contributed by atoms with Gasteiger partial charge in [-0.3, -0.25) is 47.9 Å². The number of halogens is 1. The van der Waals surface area contributed by atoms with Crippen molar-refractivity contribution in [1.29, 1.82) is 0 Å². The summed E-state index contributed by atoms with van der Waals surface area (Å²) >= 11 is 0. The van der Waals surface area contributed by atoms with Crippen molar-refractivity contribution in [3.05, 3.63) is 114 Å². The number of phenolic OH excluding ortho intramolecular Hbond substituents is 1. The summed E-state index contributed by atoms with van der Waals surface area (Å²) in [6, 6.07) is 8.71. The number of unbranched alkanes of at least 4 members (excludes halogenated alkanes) is 1. The smallest absolute Gasteiger partial charge is 0.328 e. The standard InChI is InChI=1S/C71H100FN15O21S2/c1-44(88)61-70(100)82-58(69(99)84-62(45(2)89)71(101)102)43-110-109-42-57(68(98)79-54(37-47-15-17-49(90)18-16-47)66(96)80-55(38-48-39-75-51-13-7-6-12-50(48)51)67(97)78-52(64(94)83-61)14-8-9-21-73)81-65(95)53(36-46-10-4-3-5-11-46)77-59(91)19-24-103-26-28-105-30-32-107-34-35-108-33-31-106-29-27-104-25-22-74-60(92)40-76-63(93)56-41-87(23-20-72)86-85-56/h3-7,10-13,15-18,39,41,44-45,52-55,57-58,61-62,75,88-90H,8-9,14,19-38,40,42-43,73H2,1-2H3,(H,74,92)(H,76,93)(H,77,91)(H,78,97)(H,79,98)(H,80,96)(H,81,95)(H,82,100)(H,83,94)(H,84,99)(H,101,102)/t44-,45-,52+,53-,54+,55-,57+,58+,61+,62+/m1/s1/i72-1. The number of nitrogens with two attached hydrogens (primary N) is 1. The van der Waals surface area contributed by atoms with Gasteiger partial charge in [-0.25, -0.2) is 13.9 Å². The Morgan fingerprint density at radius 1 is 0.655 bits per heavy atom. The summed E-state index contributed by atoms with van der Waals surface area (Å²) in [7, 11) is 1.74. The minimum atomic E-state index is -1.88. The minimum Gasteiger partial charge on any atom is -0.508 e. The number of aromatic nitrogens is 4. The van der Waals surface area contributed by atoms with E-state index in [4.69, 9.17) is 34.2 Å². The molecule has 17 N–H and O–H groups in total. The molecule has 5 aromatic rings. The summed E-state index contributed by atoms with van der Waals surface area (Å²) in [6.45, 7) is 4.30. The maximum absolute atomic E-state index is 15.1. The third-order valence-corrected chi connectivity index (χ3v) is 19.0. The average molecular weight is 1580 g/mol. The number of carboxylic acid groups (broad SMARTS) is 1. The molecular weight excluding hydrogens is 1480 g/mol. The number of aliphatic hydroxyl groups is 2. The Morgan fingerprint density at radius 3 is 1.87 bits per heavy atom. The van der Waals surface area contributed by atoms with Crippen LogP contribution in [0.5, 0.6) is 5.75 Å². The van der Waals surface area contributed by atoms with Gasteiger partial charge in [0.15, 0.2) is 11.7 Å². The first-order valence-electron chi connectivity index (χ1n) is 35.8. The van der Waals surface area contributed by atoms with Gasteiger partial charge in [0.25, 0.3) is 5.91 Å². The van der Waals surface area contributed by atoms with Gasteiger partial charge in [0.2, 0.25) is 53.2 Å². The van der Waals surface area contributed by atoms with Crippen molar-refractivity contribution >= 4 is 97.5 Å². The number of amides is 10. The summed E-state index contributed by atoms with van der Waals surface area (Å²) in [5.41, 5.74) is 8.07. The highest BCUT2D eigenvalue weighted by atomic mass is 33.1. The van der Waals surface area contributed by atoms with Crippen molar-refractivity contribution in [2.24, 2.45) is 5.73 Å². The maximum atomic E-state index is 15.1. The quantitative estimate of drug-likeness (QED) is 0.0145. The van der Waals surface area contributed by atoms with E-state index in [1.54, 1.807) is 60.8 Å². The normalized spacial score (nSPS) is 18.7. The van der Waals surface area contributed by atoms with Crippen LogP contribution in [0.2, 0.25) is 0 Å². The number of benzene rings is 3. The fourth-order valence-corrected chi connectivity index (χ4v) is 13.0. The zero-order chi connectivity index (χ0) is 79.6. The first-order valence-corrected chi connectivity index (χ1v) is 38.3. The van der Waals surface area contributed by atoms with Crippen molar-refractivity contribution in [3.63, 3.8) is 0 Å². The first kappa shape index (κ1) is 89.5. The van der Waals surface area contributed by atoms with Gasteiger partial charge in [-0.15, -0.1) is 5.10 Å². The molecule has 39 heteroatoms. The van der Waals surface area contributed by atoms with Crippen molar-refractivity contribution in [1.82, 2.24) is 73.1 Å². The van der Waals surface area contributed by atoms with E-state index in [9.17, 15) is 68.0 Å². The molecule has 0 saturated carbocycles. The molecule has 3 aromatic carbocycles. The van der Waals surface area contributed by atoms with E-state index in [1.165, 1.54) is 42.1 Å². The van der Waals surface area contributed by atoms with Crippen molar-refractivity contribution < 1.29 is 106 Å². The van der Waals surface area contributed by atoms with E-state index >= 15 is 9.59 Å². The number of fused-ring (bicyclic) bond motifs is 1. The topological polar surface area (TPSA) is 517 Å². The van der Waals surface area contributed by atoms with Gasteiger partial charge < -0.3 is 113 Å². The monoisotopic (exact) mass is 1580 g/mol. The molecule has 2 aromatic heterocycles. The predicted octanol–water partition coefficient (Wildman–Crippen LogP) is -2.25. The first-order chi connectivity index (χ1) is 53.0. The number of aromatic amines is 1. The Hall–Kier alpha value is -9.42. The van der Waals surface area contributed by atoms with Crippen LogP contribution in [0, 0.1) is 0 Å². The largest absolute Gasteiger partial charge is 0.508 e. The van der Waals surface area contributed by atoms with Crippen LogP contribution in [0.15, 0.2) is 91.3 Å². The number of aliphatic carboxylic acids is 1. The molecule has 1 aliphatic rings. The molecule has 0 aliphatic carbocycles. The van der Waals surface area contributed by atoms with Gasteiger partial charge in [0, 0.05) is 60.8 Å². The Bertz CT molecular complexity index is 3720. The van der Waals surface area contributed by atoms with Gasteiger partial charge in [0.05, 0.1) is 111 Å². The Balaban J connectivity index is 1.07. The van der Waals surface area contributed by atoms with E-state index in [1.807, 2.05) is 0 Å². The summed E-state index contributed by atoms with van der Waals surface area (Å²) in [4.78, 5) is 156. The number of rotatable bonds is 44. The number of aromatic hydroxyl groups is 1. The predicted molar refractivity (Wildman–Crippen MR) is 399 cm³/mol. The molecule has 0 bridgehead atoms. The second-order valence-corrected chi connectivity index (χ2v) is 27.8.